The predicted octanol–water partition coefficient (Wildman–Crippen LogP) is 2.78. The third-order valence-corrected chi connectivity index (χ3v) is 4.31. The molecule has 21 heavy (non-hydrogen) atoms. The molecule has 0 amide bonds. The maximum Gasteiger partial charge on any atom is 0.126 e. The third kappa shape index (κ3) is 2.95. The highest BCUT2D eigenvalue weighted by molar-refractivity contribution is 5.72. The lowest BCUT2D eigenvalue weighted by Crippen LogP contribution is -2.36. The van der Waals surface area contributed by atoms with E-state index in [2.05, 4.69) is 16.5 Å². The van der Waals surface area contributed by atoms with Crippen LogP contribution in [0.25, 0.3) is 11.1 Å². The third-order valence-electron chi connectivity index (χ3n) is 4.31. The molecule has 1 aromatic heterocycles. The molecule has 112 valence electrons. The highest BCUT2D eigenvalue weighted by atomic mass is 16.5. The lowest BCUT2D eigenvalue weighted by molar-refractivity contribution is 0.393. The molecular weight excluding hydrogens is 262 g/mol. The van der Waals surface area contributed by atoms with Crippen LogP contribution in [0.15, 0.2) is 30.5 Å². The molecular formula is C17H23N3O. The molecule has 2 heterocycles. The summed E-state index contributed by atoms with van der Waals surface area (Å²) in [5.74, 6) is 0.906. The number of aromatic nitrogens is 2. The summed E-state index contributed by atoms with van der Waals surface area (Å²) in [6, 6.07) is 8.72. The zero-order valence-corrected chi connectivity index (χ0v) is 12.8. The molecule has 3 rings (SSSR count). The fraction of sp³-hybridized carbons (Fsp3) is 0.471. The molecule has 4 heteroatoms. The van der Waals surface area contributed by atoms with Crippen LogP contribution in [-0.4, -0.2) is 29.5 Å². The summed E-state index contributed by atoms with van der Waals surface area (Å²) in [6.45, 7) is 1.13. The normalized spacial score (nSPS) is 18.7. The van der Waals surface area contributed by atoms with Gasteiger partial charge in [0.25, 0.3) is 0 Å². The largest absolute Gasteiger partial charge is 0.496 e. The molecule has 0 radical (unpaired) electrons. The summed E-state index contributed by atoms with van der Waals surface area (Å²) in [5.41, 5.74) is 3.58. The van der Waals surface area contributed by atoms with Crippen molar-refractivity contribution in [1.29, 1.82) is 0 Å². The van der Waals surface area contributed by atoms with Gasteiger partial charge < -0.3 is 10.1 Å². The summed E-state index contributed by atoms with van der Waals surface area (Å²) in [5, 5.41) is 8.09. The molecule has 0 aliphatic carbocycles. The SMILES string of the molecule is COc1ccccc1-c1cnn(C)c1CC1CCCCN1. The van der Waals surface area contributed by atoms with Gasteiger partial charge in [0, 0.05) is 36.3 Å². The van der Waals surface area contributed by atoms with E-state index in [1.165, 1.54) is 30.5 Å². The van der Waals surface area contributed by atoms with Crippen LogP contribution in [0.2, 0.25) is 0 Å². The fourth-order valence-corrected chi connectivity index (χ4v) is 3.13. The summed E-state index contributed by atoms with van der Waals surface area (Å²) < 4.78 is 7.50. The minimum absolute atomic E-state index is 0.558. The number of hydrogen-bond acceptors (Lipinski definition) is 3. The fourth-order valence-electron chi connectivity index (χ4n) is 3.13. The molecule has 1 aromatic carbocycles. The number of methoxy groups -OCH3 is 1. The average molecular weight is 285 g/mol. The number of hydrogen-bond donors (Lipinski definition) is 1. The zero-order chi connectivity index (χ0) is 14.7. The second-order valence-corrected chi connectivity index (χ2v) is 5.68. The van der Waals surface area contributed by atoms with E-state index in [4.69, 9.17) is 4.74 Å². The van der Waals surface area contributed by atoms with Crippen LogP contribution in [0.5, 0.6) is 5.75 Å². The van der Waals surface area contributed by atoms with E-state index in [1.807, 2.05) is 36.1 Å². The van der Waals surface area contributed by atoms with Gasteiger partial charge >= 0.3 is 0 Å². The Bertz CT molecular complexity index is 600. The van der Waals surface area contributed by atoms with Crippen molar-refractivity contribution in [3.8, 4) is 16.9 Å². The van der Waals surface area contributed by atoms with Crippen molar-refractivity contribution in [2.24, 2.45) is 7.05 Å². The van der Waals surface area contributed by atoms with Gasteiger partial charge in [-0.3, -0.25) is 4.68 Å². The minimum Gasteiger partial charge on any atom is -0.496 e. The smallest absolute Gasteiger partial charge is 0.126 e. The molecule has 1 unspecified atom stereocenters. The van der Waals surface area contributed by atoms with E-state index < -0.39 is 0 Å². The lowest BCUT2D eigenvalue weighted by Gasteiger charge is -2.24. The zero-order valence-electron chi connectivity index (χ0n) is 12.8. The van der Waals surface area contributed by atoms with E-state index in [0.717, 1.165) is 24.3 Å². The second-order valence-electron chi connectivity index (χ2n) is 5.68. The van der Waals surface area contributed by atoms with E-state index in [9.17, 15) is 0 Å². The van der Waals surface area contributed by atoms with Gasteiger partial charge in [0.05, 0.1) is 13.3 Å². The van der Waals surface area contributed by atoms with Crippen molar-refractivity contribution in [2.75, 3.05) is 13.7 Å². The number of nitrogens with one attached hydrogen (secondary N) is 1. The van der Waals surface area contributed by atoms with Crippen LogP contribution < -0.4 is 10.1 Å². The van der Waals surface area contributed by atoms with Gasteiger partial charge in [-0.05, 0) is 25.5 Å². The number of aryl methyl sites for hydroxylation is 1. The Morgan fingerprint density at radius 2 is 2.14 bits per heavy atom. The van der Waals surface area contributed by atoms with Gasteiger partial charge in [0.2, 0.25) is 0 Å². The maximum atomic E-state index is 5.50. The molecule has 4 nitrogen and oxygen atoms in total. The van der Waals surface area contributed by atoms with Crippen LogP contribution in [0.3, 0.4) is 0 Å². The highest BCUT2D eigenvalue weighted by Crippen LogP contribution is 2.32. The first-order valence-corrected chi connectivity index (χ1v) is 7.67. The van der Waals surface area contributed by atoms with Gasteiger partial charge in [-0.25, -0.2) is 0 Å². The molecule has 1 fully saturated rings. The van der Waals surface area contributed by atoms with E-state index in [0.29, 0.717) is 6.04 Å². The van der Waals surface area contributed by atoms with Crippen LogP contribution in [0.1, 0.15) is 25.0 Å². The first-order chi connectivity index (χ1) is 10.3. The van der Waals surface area contributed by atoms with Gasteiger partial charge in [0.15, 0.2) is 0 Å². The molecule has 0 bridgehead atoms. The molecule has 2 aromatic rings. The monoisotopic (exact) mass is 285 g/mol. The molecule has 1 atom stereocenters. The first kappa shape index (κ1) is 14.1. The number of rotatable bonds is 4. The number of nitrogens with zero attached hydrogens (tertiary/aromatic N) is 2. The van der Waals surface area contributed by atoms with Crippen molar-refractivity contribution in [1.82, 2.24) is 15.1 Å². The summed E-state index contributed by atoms with van der Waals surface area (Å²) in [4.78, 5) is 0. The van der Waals surface area contributed by atoms with Gasteiger partial charge in [-0.2, -0.15) is 5.10 Å². The van der Waals surface area contributed by atoms with Gasteiger partial charge in [-0.1, -0.05) is 24.6 Å². The van der Waals surface area contributed by atoms with E-state index in [1.54, 1.807) is 7.11 Å². The summed E-state index contributed by atoms with van der Waals surface area (Å²) in [7, 11) is 3.74. The van der Waals surface area contributed by atoms with Gasteiger partial charge in [-0.15, -0.1) is 0 Å². The Balaban J connectivity index is 1.92. The van der Waals surface area contributed by atoms with Crippen molar-refractivity contribution in [3.63, 3.8) is 0 Å². The predicted molar refractivity (Wildman–Crippen MR) is 84.5 cm³/mol. The summed E-state index contributed by atoms with van der Waals surface area (Å²) in [6.07, 6.45) is 6.83. The van der Waals surface area contributed by atoms with Crippen molar-refractivity contribution in [2.45, 2.75) is 31.7 Å². The molecule has 1 N–H and O–H groups in total. The summed E-state index contributed by atoms with van der Waals surface area (Å²) >= 11 is 0. The van der Waals surface area contributed by atoms with E-state index in [-0.39, 0.29) is 0 Å². The first-order valence-electron chi connectivity index (χ1n) is 7.67. The molecule has 1 aliphatic heterocycles. The van der Waals surface area contributed by atoms with Crippen molar-refractivity contribution < 1.29 is 4.74 Å². The van der Waals surface area contributed by atoms with Crippen molar-refractivity contribution in [3.05, 3.63) is 36.2 Å². The Morgan fingerprint density at radius 1 is 1.29 bits per heavy atom. The maximum absolute atomic E-state index is 5.50. The molecule has 0 saturated carbocycles. The Kier molecular flexibility index (Phi) is 4.25. The van der Waals surface area contributed by atoms with Crippen LogP contribution in [0.4, 0.5) is 0 Å². The quantitative estimate of drug-likeness (QED) is 0.939. The number of piperidine rings is 1. The Morgan fingerprint density at radius 3 is 2.90 bits per heavy atom. The molecule has 1 aliphatic rings. The van der Waals surface area contributed by atoms with Crippen LogP contribution >= 0.6 is 0 Å². The molecule has 1 saturated heterocycles. The van der Waals surface area contributed by atoms with Gasteiger partial charge in [0.1, 0.15) is 5.75 Å². The molecule has 0 spiro atoms. The topological polar surface area (TPSA) is 39.1 Å². The van der Waals surface area contributed by atoms with Crippen LogP contribution in [0, 0.1) is 0 Å². The Labute approximate surface area is 126 Å². The second kappa shape index (κ2) is 6.31. The number of benzene rings is 1. The van der Waals surface area contributed by atoms with E-state index >= 15 is 0 Å². The van der Waals surface area contributed by atoms with Crippen LogP contribution in [-0.2, 0) is 13.5 Å². The Hall–Kier alpha value is -1.81. The standard InChI is InChI=1S/C17H23N3O/c1-20-16(11-13-7-5-6-10-18-13)15(12-19-20)14-8-3-4-9-17(14)21-2/h3-4,8-9,12-13,18H,5-7,10-11H2,1-2H3. The highest BCUT2D eigenvalue weighted by Gasteiger charge is 2.19. The van der Waals surface area contributed by atoms with Crippen molar-refractivity contribution >= 4 is 0 Å². The lowest BCUT2D eigenvalue weighted by atomic mass is 9.96. The minimum atomic E-state index is 0.558. The number of para-hydroxylation sites is 1. The average Bonchev–Trinajstić information content (AvgIpc) is 2.89. The number of ether oxygens (including phenoxy) is 1.